The van der Waals surface area contributed by atoms with Crippen LogP contribution >= 0.6 is 11.3 Å². The minimum atomic E-state index is -0.713. The quantitative estimate of drug-likeness (QED) is 0.299. The summed E-state index contributed by atoms with van der Waals surface area (Å²) in [6, 6.07) is 23.0. The van der Waals surface area contributed by atoms with Gasteiger partial charge in [-0.15, -0.1) is 11.3 Å². The molecule has 1 atom stereocenters. The summed E-state index contributed by atoms with van der Waals surface area (Å²) in [5.41, 5.74) is 9.64. The predicted molar refractivity (Wildman–Crippen MR) is 140 cm³/mol. The molecule has 0 aliphatic carbocycles. The molecule has 0 bridgehead atoms. The number of hydrogen-bond acceptors (Lipinski definition) is 5. The van der Waals surface area contributed by atoms with Gasteiger partial charge in [0.25, 0.3) is 0 Å². The zero-order chi connectivity index (χ0) is 24.5. The summed E-state index contributed by atoms with van der Waals surface area (Å²) < 4.78 is 0. The molecule has 0 spiro atoms. The van der Waals surface area contributed by atoms with Gasteiger partial charge >= 0.3 is 0 Å². The van der Waals surface area contributed by atoms with E-state index in [0.29, 0.717) is 19.3 Å². The molecule has 6 nitrogen and oxygen atoms in total. The van der Waals surface area contributed by atoms with Crippen molar-refractivity contribution in [1.29, 1.82) is 0 Å². The van der Waals surface area contributed by atoms with Gasteiger partial charge in [-0.25, -0.2) is 4.98 Å². The molecule has 2 heterocycles. The Morgan fingerprint density at radius 2 is 1.63 bits per heavy atom. The first-order valence-electron chi connectivity index (χ1n) is 11.7. The minimum Gasteiger partial charge on any atom is -0.368 e. The third-order valence-corrected chi connectivity index (χ3v) is 6.87. The molecule has 3 N–H and O–H groups in total. The molecule has 0 aliphatic rings. The van der Waals surface area contributed by atoms with E-state index in [9.17, 15) is 9.59 Å². The second-order valence-corrected chi connectivity index (χ2v) is 9.32. The van der Waals surface area contributed by atoms with Crippen LogP contribution in [0.15, 0.2) is 85.2 Å². The summed E-state index contributed by atoms with van der Waals surface area (Å²) >= 11 is 1.66. The van der Waals surface area contributed by atoms with Crippen LogP contribution in [0.4, 0.5) is 0 Å². The standard InChI is InChI=1S/C28H28N4O2S/c29-27(34)24(18-20-10-3-1-4-11-20)31-25(33)16-8-7-15-23-26(21-12-5-2-6-13-21)35-28(32-23)22-14-9-17-30-19-22/h1-6,9-14,17,19,24H,7-8,15-16,18H2,(H2,29,34)(H,31,33)/t24-/m0/s1. The van der Waals surface area contributed by atoms with Crippen molar-refractivity contribution in [1.82, 2.24) is 15.3 Å². The number of carbonyl (C=O) groups excluding carboxylic acids is 2. The summed E-state index contributed by atoms with van der Waals surface area (Å²) in [6.45, 7) is 0. The second-order valence-electron chi connectivity index (χ2n) is 8.32. The maximum atomic E-state index is 12.5. The molecule has 35 heavy (non-hydrogen) atoms. The number of thiazole rings is 1. The van der Waals surface area contributed by atoms with Gasteiger partial charge in [0.1, 0.15) is 11.0 Å². The van der Waals surface area contributed by atoms with E-state index in [4.69, 9.17) is 10.7 Å². The zero-order valence-corrected chi connectivity index (χ0v) is 20.2. The van der Waals surface area contributed by atoms with Crippen LogP contribution in [0.1, 0.15) is 30.5 Å². The monoisotopic (exact) mass is 484 g/mol. The molecule has 2 aromatic heterocycles. The molecule has 7 heteroatoms. The number of aromatic nitrogens is 2. The van der Waals surface area contributed by atoms with Gasteiger partial charge in [0.05, 0.1) is 10.6 Å². The van der Waals surface area contributed by atoms with Crippen LogP contribution < -0.4 is 11.1 Å². The van der Waals surface area contributed by atoms with Crippen molar-refractivity contribution in [2.75, 3.05) is 0 Å². The Balaban J connectivity index is 1.35. The van der Waals surface area contributed by atoms with Crippen LogP contribution in [0.2, 0.25) is 0 Å². The van der Waals surface area contributed by atoms with Crippen LogP contribution in [0.5, 0.6) is 0 Å². The molecule has 178 valence electrons. The van der Waals surface area contributed by atoms with E-state index >= 15 is 0 Å². The van der Waals surface area contributed by atoms with Crippen molar-refractivity contribution in [3.8, 4) is 21.0 Å². The van der Waals surface area contributed by atoms with Crippen molar-refractivity contribution in [2.24, 2.45) is 5.73 Å². The molecule has 0 saturated heterocycles. The number of nitrogens with one attached hydrogen (secondary N) is 1. The Kier molecular flexibility index (Phi) is 8.35. The smallest absolute Gasteiger partial charge is 0.240 e. The lowest BCUT2D eigenvalue weighted by molar-refractivity contribution is -0.127. The number of rotatable bonds is 11. The van der Waals surface area contributed by atoms with Gasteiger partial charge < -0.3 is 11.1 Å². The Morgan fingerprint density at radius 1 is 0.914 bits per heavy atom. The topological polar surface area (TPSA) is 98.0 Å². The van der Waals surface area contributed by atoms with E-state index < -0.39 is 11.9 Å². The fraction of sp³-hybridized carbons (Fsp3) is 0.214. The number of unbranched alkanes of at least 4 members (excludes halogenated alkanes) is 1. The summed E-state index contributed by atoms with van der Waals surface area (Å²) in [4.78, 5) is 34.6. The lowest BCUT2D eigenvalue weighted by Gasteiger charge is -2.15. The van der Waals surface area contributed by atoms with E-state index in [-0.39, 0.29) is 5.91 Å². The molecule has 0 unspecified atom stereocenters. The van der Waals surface area contributed by atoms with E-state index in [1.54, 1.807) is 17.5 Å². The van der Waals surface area contributed by atoms with Gasteiger partial charge in [-0.2, -0.15) is 0 Å². The molecule has 0 saturated carbocycles. The molecule has 4 rings (SSSR count). The SMILES string of the molecule is NC(=O)[C@H](Cc1ccccc1)NC(=O)CCCCc1nc(-c2cccnc2)sc1-c1ccccc1. The summed E-state index contributed by atoms with van der Waals surface area (Å²) in [7, 11) is 0. The molecule has 0 aliphatic heterocycles. The summed E-state index contributed by atoms with van der Waals surface area (Å²) in [6.07, 6.45) is 6.56. The van der Waals surface area contributed by atoms with Gasteiger partial charge in [-0.05, 0) is 42.5 Å². The Morgan fingerprint density at radius 3 is 2.31 bits per heavy atom. The number of primary amides is 1. The molecule has 2 amide bonds. The number of amides is 2. The Hall–Kier alpha value is -3.84. The Labute approximate surface area is 209 Å². The third-order valence-electron chi connectivity index (χ3n) is 5.67. The predicted octanol–water partition coefficient (Wildman–Crippen LogP) is 4.80. The summed E-state index contributed by atoms with van der Waals surface area (Å²) in [5.74, 6) is -0.692. The van der Waals surface area contributed by atoms with Crippen molar-refractivity contribution in [3.05, 3.63) is 96.4 Å². The second kappa shape index (κ2) is 12.0. The average Bonchev–Trinajstić information content (AvgIpc) is 3.32. The van der Waals surface area contributed by atoms with Crippen LogP contribution in [0, 0.1) is 0 Å². The largest absolute Gasteiger partial charge is 0.368 e. The molecule has 0 radical (unpaired) electrons. The molecular weight excluding hydrogens is 456 g/mol. The number of benzene rings is 2. The molecule has 4 aromatic rings. The number of carbonyl (C=O) groups is 2. The Bertz CT molecular complexity index is 1240. The first kappa shape index (κ1) is 24.3. The van der Waals surface area contributed by atoms with Crippen molar-refractivity contribution in [2.45, 2.75) is 38.1 Å². The van der Waals surface area contributed by atoms with Crippen LogP contribution in [0.3, 0.4) is 0 Å². The average molecular weight is 485 g/mol. The molecule has 0 fully saturated rings. The number of hydrogen-bond donors (Lipinski definition) is 2. The van der Waals surface area contributed by atoms with Gasteiger partial charge in [-0.1, -0.05) is 60.7 Å². The molecule has 2 aromatic carbocycles. The maximum Gasteiger partial charge on any atom is 0.240 e. The number of nitrogens with two attached hydrogens (primary N) is 1. The first-order chi connectivity index (χ1) is 17.1. The van der Waals surface area contributed by atoms with Gasteiger partial charge in [0.15, 0.2) is 0 Å². The lowest BCUT2D eigenvalue weighted by atomic mass is 10.0. The highest BCUT2D eigenvalue weighted by atomic mass is 32.1. The highest BCUT2D eigenvalue weighted by Gasteiger charge is 2.19. The van der Waals surface area contributed by atoms with Crippen molar-refractivity contribution < 1.29 is 9.59 Å². The van der Waals surface area contributed by atoms with Crippen LogP contribution in [-0.4, -0.2) is 27.8 Å². The number of aryl methyl sites for hydroxylation is 1. The number of pyridine rings is 1. The van der Waals surface area contributed by atoms with Crippen molar-refractivity contribution >= 4 is 23.2 Å². The van der Waals surface area contributed by atoms with E-state index in [1.165, 1.54) is 0 Å². The highest BCUT2D eigenvalue weighted by molar-refractivity contribution is 7.18. The fourth-order valence-corrected chi connectivity index (χ4v) is 4.97. The van der Waals surface area contributed by atoms with Gasteiger partial charge in [-0.3, -0.25) is 14.6 Å². The summed E-state index contributed by atoms with van der Waals surface area (Å²) in [5, 5.41) is 3.73. The highest BCUT2D eigenvalue weighted by Crippen LogP contribution is 2.36. The normalized spacial score (nSPS) is 11.7. The van der Waals surface area contributed by atoms with Crippen LogP contribution in [0.25, 0.3) is 21.0 Å². The van der Waals surface area contributed by atoms with E-state index in [1.807, 2.05) is 66.9 Å². The number of nitrogens with zero attached hydrogens (tertiary/aromatic N) is 2. The minimum absolute atomic E-state index is 0.164. The van der Waals surface area contributed by atoms with Crippen molar-refractivity contribution in [3.63, 3.8) is 0 Å². The van der Waals surface area contributed by atoms with Gasteiger partial charge in [0.2, 0.25) is 11.8 Å². The first-order valence-corrected chi connectivity index (χ1v) is 12.5. The van der Waals surface area contributed by atoms with E-state index in [2.05, 4.69) is 22.4 Å². The molecular formula is C28H28N4O2S. The van der Waals surface area contributed by atoms with Crippen LogP contribution in [-0.2, 0) is 22.4 Å². The maximum absolute atomic E-state index is 12.5. The lowest BCUT2D eigenvalue weighted by Crippen LogP contribution is -2.45. The van der Waals surface area contributed by atoms with E-state index in [0.717, 1.165) is 45.1 Å². The third kappa shape index (κ3) is 6.83. The zero-order valence-electron chi connectivity index (χ0n) is 19.4. The fourth-order valence-electron chi connectivity index (χ4n) is 3.87. The van der Waals surface area contributed by atoms with Gasteiger partial charge in [0, 0.05) is 30.8 Å².